The molecule has 16 heteroatoms. The Bertz CT molecular complexity index is 1580. The molecule has 0 aromatic heterocycles. The maximum atomic E-state index is 14.2. The number of benzene rings is 1. The molecule has 0 spiro atoms. The van der Waals surface area contributed by atoms with E-state index < -0.39 is 69.9 Å². The zero-order valence-electron chi connectivity index (χ0n) is 25.8. The van der Waals surface area contributed by atoms with Gasteiger partial charge in [-0.3, -0.25) is 14.5 Å². The van der Waals surface area contributed by atoms with Crippen molar-refractivity contribution in [1.82, 2.24) is 15.6 Å². The van der Waals surface area contributed by atoms with Crippen molar-refractivity contribution in [3.63, 3.8) is 0 Å². The molecular weight excluding hydrogens is 590 g/mol. The number of fused-ring (bicyclic) bond motifs is 3. The molecule has 2 amide bonds. The Hall–Kier alpha value is -4.79. The third-order valence-corrected chi connectivity index (χ3v) is 8.41. The van der Waals surface area contributed by atoms with E-state index in [1.165, 1.54) is 19.0 Å². The quantitative estimate of drug-likeness (QED) is 0.0798. The lowest BCUT2D eigenvalue weighted by atomic mass is 9.57. The summed E-state index contributed by atoms with van der Waals surface area (Å²) in [5, 5.41) is 51.5. The van der Waals surface area contributed by atoms with E-state index in [0.717, 1.165) is 0 Å². The first kappa shape index (κ1) is 33.1. The number of phenolic OH excluding ortho intramolecular Hbond substituents is 1. The fourth-order valence-corrected chi connectivity index (χ4v) is 6.45. The molecule has 1 fully saturated rings. The lowest BCUT2D eigenvalue weighted by Gasteiger charge is -2.50. The van der Waals surface area contributed by atoms with Gasteiger partial charge in [-0.05, 0) is 55.6 Å². The number of hydrogen-bond donors (Lipinski definition) is 6. The lowest BCUT2D eigenvalue weighted by Crippen LogP contribution is -2.65. The molecule has 4 atom stereocenters. The van der Waals surface area contributed by atoms with Crippen LogP contribution in [0, 0.1) is 17.8 Å². The number of aromatic hydroxyl groups is 1. The first-order valence-corrected chi connectivity index (χ1v) is 14.2. The highest BCUT2D eigenvalue weighted by Gasteiger charge is 2.64. The van der Waals surface area contributed by atoms with Crippen molar-refractivity contribution in [2.75, 3.05) is 39.7 Å². The minimum Gasteiger partial charge on any atom is -0.508 e. The summed E-state index contributed by atoms with van der Waals surface area (Å²) in [6.07, 6.45) is -0.666. The van der Waals surface area contributed by atoms with Crippen molar-refractivity contribution in [3.05, 3.63) is 50.1 Å². The smallest absolute Gasteiger partial charge is 0.407 e. The van der Waals surface area contributed by atoms with Gasteiger partial charge in [0, 0.05) is 43.4 Å². The van der Waals surface area contributed by atoms with E-state index in [0.29, 0.717) is 11.3 Å². The van der Waals surface area contributed by atoms with Crippen molar-refractivity contribution < 1.29 is 44.3 Å². The molecule has 16 nitrogen and oxygen atoms in total. The molecule has 0 aliphatic heterocycles. The third kappa shape index (κ3) is 5.52. The summed E-state index contributed by atoms with van der Waals surface area (Å²) in [5.41, 5.74) is 7.45. The Balaban J connectivity index is 1.87. The number of aliphatic hydroxyl groups is 3. The second-order valence-electron chi connectivity index (χ2n) is 12.2. The van der Waals surface area contributed by atoms with Gasteiger partial charge in [-0.1, -0.05) is 13.8 Å². The van der Waals surface area contributed by atoms with Crippen LogP contribution in [0.5, 0.6) is 5.75 Å². The molecule has 1 aromatic carbocycles. The summed E-state index contributed by atoms with van der Waals surface area (Å²) in [6, 6.07) is 0.393. The second-order valence-corrected chi connectivity index (χ2v) is 12.2. The predicted molar refractivity (Wildman–Crippen MR) is 160 cm³/mol. The van der Waals surface area contributed by atoms with Gasteiger partial charge in [0.05, 0.1) is 18.2 Å². The summed E-state index contributed by atoms with van der Waals surface area (Å²) in [4.78, 5) is 58.2. The molecule has 0 bridgehead atoms. The molecule has 3 aliphatic rings. The number of rotatable bonds is 8. The number of amides is 2. The van der Waals surface area contributed by atoms with E-state index in [4.69, 9.17) is 10.3 Å². The zero-order chi connectivity index (χ0) is 33.5. The highest BCUT2D eigenvalue weighted by Crippen LogP contribution is 2.54. The molecule has 242 valence electrons. The van der Waals surface area contributed by atoms with E-state index in [2.05, 4.69) is 15.5 Å². The van der Waals surface area contributed by atoms with E-state index in [-0.39, 0.29) is 48.6 Å². The monoisotopic (exact) mass is 627 g/mol. The first-order chi connectivity index (χ1) is 21.1. The van der Waals surface area contributed by atoms with Crippen molar-refractivity contribution in [1.29, 1.82) is 0 Å². The molecule has 1 saturated carbocycles. The maximum absolute atomic E-state index is 14.2. The van der Waals surface area contributed by atoms with Crippen molar-refractivity contribution >= 4 is 35.0 Å². The molecule has 0 unspecified atom stereocenters. The Kier molecular flexibility index (Phi) is 9.05. The second kappa shape index (κ2) is 12.3. The zero-order valence-corrected chi connectivity index (χ0v) is 25.8. The fourth-order valence-electron chi connectivity index (χ4n) is 6.45. The molecule has 4 rings (SSSR count). The molecule has 6 N–H and O–H groups in total. The molecule has 45 heavy (non-hydrogen) atoms. The van der Waals surface area contributed by atoms with Crippen LogP contribution in [0.1, 0.15) is 37.0 Å². The minimum absolute atomic E-state index is 0.0659. The average Bonchev–Trinajstić information content (AvgIpc) is 2.96. The number of carbonyl (C=O) groups excluding carboxylic acids is 4. The largest absolute Gasteiger partial charge is 0.508 e. The van der Waals surface area contributed by atoms with Gasteiger partial charge in [-0.25, -0.2) is 9.59 Å². The molecule has 0 saturated heterocycles. The van der Waals surface area contributed by atoms with Crippen LogP contribution in [0.25, 0.3) is 16.2 Å². The fraction of sp³-hybridized carbons (Fsp3) is 0.517. The predicted octanol–water partition coefficient (Wildman–Crippen LogP) is 1.77. The van der Waals surface area contributed by atoms with Gasteiger partial charge in [0.1, 0.15) is 17.1 Å². The SMILES string of the molecule is CC(C)COC(=O)NCc1cc(N(C)C)c2c(c1O)C(O)=C1C(=O)[C@]3(O)C(O)=C(C(=O)NN=[N+]=[N-])C(=O)[C@H](N(C)C)[C@@H]3C[C@@H]1C2. The van der Waals surface area contributed by atoms with E-state index in [9.17, 15) is 39.6 Å². The number of phenols is 1. The number of carbonyl (C=O) groups is 4. The number of hydrogen-bond acceptors (Lipinski definition) is 12. The van der Waals surface area contributed by atoms with E-state index in [1.807, 2.05) is 13.8 Å². The van der Waals surface area contributed by atoms with Crippen molar-refractivity contribution in [2.24, 2.45) is 23.0 Å². The van der Waals surface area contributed by atoms with Crippen molar-refractivity contribution in [2.45, 2.75) is 44.9 Å². The molecule has 1 aromatic rings. The Morgan fingerprint density at radius 2 is 1.87 bits per heavy atom. The van der Waals surface area contributed by atoms with Gasteiger partial charge in [-0.15, -0.1) is 5.53 Å². The van der Waals surface area contributed by atoms with Gasteiger partial charge in [0.15, 0.2) is 17.1 Å². The van der Waals surface area contributed by atoms with Gasteiger partial charge < -0.3 is 35.4 Å². The van der Waals surface area contributed by atoms with Crippen LogP contribution in [0.2, 0.25) is 0 Å². The number of alkyl carbamates (subject to hydrolysis) is 1. The number of ether oxygens (including phenoxy) is 1. The van der Waals surface area contributed by atoms with E-state index >= 15 is 0 Å². The number of Topliss-reactive ketones (excluding diaryl/α,β-unsaturated/α-hetero) is 2. The van der Waals surface area contributed by atoms with Crippen LogP contribution >= 0.6 is 0 Å². The van der Waals surface area contributed by atoms with Crippen LogP contribution in [-0.4, -0.2) is 95.3 Å². The van der Waals surface area contributed by atoms with Crippen LogP contribution in [-0.2, 0) is 32.1 Å². The number of nitrogens with one attached hydrogen (secondary N) is 2. The maximum Gasteiger partial charge on any atom is 0.407 e. The highest BCUT2D eigenvalue weighted by atomic mass is 16.5. The summed E-state index contributed by atoms with van der Waals surface area (Å²) < 4.78 is 5.13. The number of anilines is 1. The summed E-state index contributed by atoms with van der Waals surface area (Å²) in [7, 11) is 6.51. The standard InChI is InChI=1S/C29H37N7O9/c1-12(2)11-45-28(43)31-10-14-9-17(35(3)4)15-7-13-8-16-21(36(5)6)24(39)20(27(42)32-34-33-30)26(41)29(16,44)25(40)18(13)23(38)19(15)22(14)37/h9,12-13,16,21,37-38,41,44H,7-8,10-11H2,1-6H3,(H,31,43)(H,32,42)/t13-,16-,21+,29-/m0/s1. The molecule has 0 heterocycles. The Morgan fingerprint density at radius 3 is 2.44 bits per heavy atom. The molecule has 3 aliphatic carbocycles. The van der Waals surface area contributed by atoms with Gasteiger partial charge >= 0.3 is 12.0 Å². The topological polar surface area (TPSA) is 238 Å². The average molecular weight is 628 g/mol. The third-order valence-electron chi connectivity index (χ3n) is 8.41. The van der Waals surface area contributed by atoms with Crippen LogP contribution < -0.4 is 15.6 Å². The summed E-state index contributed by atoms with van der Waals surface area (Å²) in [6.45, 7) is 3.76. The normalized spacial score (nSPS) is 24.1. The van der Waals surface area contributed by atoms with Crippen LogP contribution in [0.15, 0.2) is 28.2 Å². The highest BCUT2D eigenvalue weighted by molar-refractivity contribution is 6.25. The van der Waals surface area contributed by atoms with Crippen LogP contribution in [0.3, 0.4) is 0 Å². The van der Waals surface area contributed by atoms with Crippen molar-refractivity contribution in [3.8, 4) is 5.75 Å². The minimum atomic E-state index is -2.82. The number of azide groups is 1. The van der Waals surface area contributed by atoms with Gasteiger partial charge in [-0.2, -0.15) is 10.3 Å². The molecule has 0 radical (unpaired) electrons. The number of ketones is 2. The number of likely N-dealkylation sites (N-methyl/N-ethyl adjacent to an activating group) is 1. The van der Waals surface area contributed by atoms with Crippen LogP contribution in [0.4, 0.5) is 10.5 Å². The lowest BCUT2D eigenvalue weighted by molar-refractivity contribution is -0.153. The van der Waals surface area contributed by atoms with E-state index in [1.54, 1.807) is 30.5 Å². The van der Waals surface area contributed by atoms with Gasteiger partial charge in [0.25, 0.3) is 0 Å². The van der Waals surface area contributed by atoms with Gasteiger partial charge in [0.2, 0.25) is 5.78 Å². The Labute approximate surface area is 258 Å². The number of aliphatic hydroxyl groups excluding tert-OH is 2. The Morgan fingerprint density at radius 1 is 1.20 bits per heavy atom. The molecular formula is C29H37N7O9. The number of nitrogens with zero attached hydrogens (tertiary/aromatic N) is 5. The summed E-state index contributed by atoms with van der Waals surface area (Å²) >= 11 is 0. The first-order valence-electron chi connectivity index (χ1n) is 14.2. The summed E-state index contributed by atoms with van der Waals surface area (Å²) in [5.74, 6) is -7.53.